The van der Waals surface area contributed by atoms with Crippen molar-refractivity contribution in [1.82, 2.24) is 9.80 Å². The van der Waals surface area contributed by atoms with Gasteiger partial charge in [0.05, 0.1) is 5.57 Å². The first-order valence-electron chi connectivity index (χ1n) is 10.2. The number of imide groups is 1. The van der Waals surface area contributed by atoms with E-state index in [-0.39, 0.29) is 11.8 Å². The molecule has 0 fully saturated rings. The number of hydrogen-bond acceptors (Lipinski definition) is 4. The normalized spacial score (nSPS) is 16.9. The van der Waals surface area contributed by atoms with Crippen LogP contribution < -0.4 is 0 Å². The standard InChI is InChI=1S/C23H26N2O2S/c1-2-3-4-7-13-25-22(26)20(19-11-8-15-28-19)21(23(25)27)24-14-12-17-9-5-6-10-18(17)16-24/h5-6,8-11,15H,2-4,7,12-14,16H2,1H3. The maximum Gasteiger partial charge on any atom is 0.277 e. The molecule has 0 atom stereocenters. The van der Waals surface area contributed by atoms with Crippen molar-refractivity contribution in [3.63, 3.8) is 0 Å². The molecule has 28 heavy (non-hydrogen) atoms. The first-order valence-corrected chi connectivity index (χ1v) is 11.0. The van der Waals surface area contributed by atoms with Crippen molar-refractivity contribution >= 4 is 28.7 Å². The number of unbranched alkanes of at least 4 members (excludes halogenated alkanes) is 3. The van der Waals surface area contributed by atoms with Crippen molar-refractivity contribution in [1.29, 1.82) is 0 Å². The second kappa shape index (κ2) is 8.31. The van der Waals surface area contributed by atoms with Gasteiger partial charge in [-0.05, 0) is 35.4 Å². The number of carbonyl (C=O) groups is 2. The molecule has 2 aliphatic heterocycles. The van der Waals surface area contributed by atoms with Crippen molar-refractivity contribution in [3.8, 4) is 0 Å². The minimum Gasteiger partial charge on any atom is -0.362 e. The number of benzene rings is 1. The highest BCUT2D eigenvalue weighted by Crippen LogP contribution is 2.36. The molecule has 1 aromatic heterocycles. The SMILES string of the molecule is CCCCCCN1C(=O)C(c2cccs2)=C(N2CCc3ccccc3C2)C1=O. The van der Waals surface area contributed by atoms with Crippen LogP contribution in [0.1, 0.15) is 48.6 Å². The summed E-state index contributed by atoms with van der Waals surface area (Å²) in [5.74, 6) is -0.248. The molecule has 5 heteroatoms. The summed E-state index contributed by atoms with van der Waals surface area (Å²) in [6.45, 7) is 4.13. The summed E-state index contributed by atoms with van der Waals surface area (Å²) < 4.78 is 0. The average molecular weight is 395 g/mol. The van der Waals surface area contributed by atoms with Crippen LogP contribution in [0.5, 0.6) is 0 Å². The quantitative estimate of drug-likeness (QED) is 0.514. The summed E-state index contributed by atoms with van der Waals surface area (Å²) in [7, 11) is 0. The van der Waals surface area contributed by atoms with E-state index in [1.165, 1.54) is 27.4 Å². The number of fused-ring (bicyclic) bond motifs is 1. The van der Waals surface area contributed by atoms with E-state index in [9.17, 15) is 9.59 Å². The molecule has 0 saturated carbocycles. The average Bonchev–Trinajstić information content (AvgIpc) is 3.32. The molecular weight excluding hydrogens is 368 g/mol. The molecule has 146 valence electrons. The van der Waals surface area contributed by atoms with Gasteiger partial charge >= 0.3 is 0 Å². The number of amides is 2. The Morgan fingerprint density at radius 3 is 2.54 bits per heavy atom. The third-order valence-corrected chi connectivity index (χ3v) is 6.48. The van der Waals surface area contributed by atoms with Gasteiger partial charge in [-0.25, -0.2) is 0 Å². The molecule has 4 nitrogen and oxygen atoms in total. The van der Waals surface area contributed by atoms with Gasteiger partial charge in [0.1, 0.15) is 5.70 Å². The third kappa shape index (κ3) is 3.51. The minimum atomic E-state index is -0.127. The highest BCUT2D eigenvalue weighted by molar-refractivity contribution is 7.11. The molecule has 0 N–H and O–H groups in total. The number of thiophene rings is 1. The lowest BCUT2D eigenvalue weighted by molar-refractivity contribution is -0.137. The molecule has 0 bridgehead atoms. The van der Waals surface area contributed by atoms with Crippen LogP contribution >= 0.6 is 11.3 Å². The molecule has 2 aliphatic rings. The zero-order valence-corrected chi connectivity index (χ0v) is 17.1. The van der Waals surface area contributed by atoms with E-state index < -0.39 is 0 Å². The van der Waals surface area contributed by atoms with E-state index in [1.54, 1.807) is 0 Å². The second-order valence-corrected chi connectivity index (χ2v) is 8.41. The van der Waals surface area contributed by atoms with Gasteiger partial charge in [-0.15, -0.1) is 11.3 Å². The molecule has 2 aromatic rings. The number of rotatable bonds is 7. The van der Waals surface area contributed by atoms with E-state index in [4.69, 9.17) is 0 Å². The van der Waals surface area contributed by atoms with Gasteiger partial charge in [0, 0.05) is 24.5 Å². The maximum absolute atomic E-state index is 13.3. The number of nitrogens with zero attached hydrogens (tertiary/aromatic N) is 2. The molecule has 3 heterocycles. The van der Waals surface area contributed by atoms with Gasteiger partial charge in [-0.1, -0.05) is 56.5 Å². The highest BCUT2D eigenvalue weighted by Gasteiger charge is 2.42. The second-order valence-electron chi connectivity index (χ2n) is 7.46. The minimum absolute atomic E-state index is 0.121. The molecule has 0 unspecified atom stereocenters. The zero-order chi connectivity index (χ0) is 19.5. The molecular formula is C23H26N2O2S. The van der Waals surface area contributed by atoms with E-state index in [2.05, 4.69) is 30.0 Å². The monoisotopic (exact) mass is 394 g/mol. The first-order chi connectivity index (χ1) is 13.7. The van der Waals surface area contributed by atoms with Gasteiger partial charge < -0.3 is 4.90 Å². The fourth-order valence-electron chi connectivity index (χ4n) is 4.09. The van der Waals surface area contributed by atoms with E-state index in [1.807, 2.05) is 23.6 Å². The largest absolute Gasteiger partial charge is 0.362 e. The maximum atomic E-state index is 13.3. The third-order valence-electron chi connectivity index (χ3n) is 5.59. The van der Waals surface area contributed by atoms with Crippen LogP contribution in [0.2, 0.25) is 0 Å². The van der Waals surface area contributed by atoms with Crippen molar-refractivity contribution in [2.45, 2.75) is 45.6 Å². The topological polar surface area (TPSA) is 40.6 Å². The zero-order valence-electron chi connectivity index (χ0n) is 16.3. The van der Waals surface area contributed by atoms with E-state index in [0.717, 1.165) is 43.5 Å². The van der Waals surface area contributed by atoms with Gasteiger partial charge in [0.25, 0.3) is 11.8 Å². The predicted molar refractivity (Wildman–Crippen MR) is 113 cm³/mol. The van der Waals surface area contributed by atoms with Gasteiger partial charge in [-0.3, -0.25) is 14.5 Å². The lowest BCUT2D eigenvalue weighted by Crippen LogP contribution is -2.37. The van der Waals surface area contributed by atoms with Crippen LogP contribution in [-0.4, -0.2) is 34.7 Å². The molecule has 0 radical (unpaired) electrons. The number of hydrogen-bond donors (Lipinski definition) is 0. The molecule has 2 amide bonds. The van der Waals surface area contributed by atoms with Crippen LogP contribution in [0.4, 0.5) is 0 Å². The Hall–Kier alpha value is -2.40. The molecule has 0 aliphatic carbocycles. The van der Waals surface area contributed by atoms with Crippen LogP contribution in [-0.2, 0) is 22.6 Å². The predicted octanol–water partition coefficient (Wildman–Crippen LogP) is 4.47. The van der Waals surface area contributed by atoms with Crippen molar-refractivity contribution in [3.05, 3.63) is 63.5 Å². The summed E-state index contributed by atoms with van der Waals surface area (Å²) in [6, 6.07) is 12.3. The first kappa shape index (κ1) is 18.9. The van der Waals surface area contributed by atoms with Crippen LogP contribution in [0.25, 0.3) is 5.57 Å². The van der Waals surface area contributed by atoms with Crippen molar-refractivity contribution in [2.24, 2.45) is 0 Å². The number of carbonyl (C=O) groups excluding carboxylic acids is 2. The van der Waals surface area contributed by atoms with Crippen LogP contribution in [0.15, 0.2) is 47.5 Å². The Morgan fingerprint density at radius 2 is 1.79 bits per heavy atom. The molecule has 1 aromatic carbocycles. The summed E-state index contributed by atoms with van der Waals surface area (Å²) in [5.41, 5.74) is 3.77. The highest BCUT2D eigenvalue weighted by atomic mass is 32.1. The fraction of sp³-hybridized carbons (Fsp3) is 0.391. The van der Waals surface area contributed by atoms with E-state index in [0.29, 0.717) is 24.4 Å². The Bertz CT molecular complexity index is 901. The Balaban J connectivity index is 1.64. The summed E-state index contributed by atoms with van der Waals surface area (Å²) in [4.78, 5) is 31.0. The lowest BCUT2D eigenvalue weighted by atomic mass is 9.99. The fourth-order valence-corrected chi connectivity index (χ4v) is 4.85. The smallest absolute Gasteiger partial charge is 0.277 e. The molecule has 0 spiro atoms. The summed E-state index contributed by atoms with van der Waals surface area (Å²) >= 11 is 1.53. The van der Waals surface area contributed by atoms with Gasteiger partial charge in [0.15, 0.2) is 0 Å². The van der Waals surface area contributed by atoms with E-state index >= 15 is 0 Å². The van der Waals surface area contributed by atoms with Crippen molar-refractivity contribution < 1.29 is 9.59 Å². The Labute approximate surface area is 170 Å². The molecule has 4 rings (SSSR count). The molecule has 0 saturated heterocycles. The van der Waals surface area contributed by atoms with Gasteiger partial charge in [-0.2, -0.15) is 0 Å². The van der Waals surface area contributed by atoms with Gasteiger partial charge in [0.2, 0.25) is 0 Å². The lowest BCUT2D eigenvalue weighted by Gasteiger charge is -2.31. The van der Waals surface area contributed by atoms with Crippen LogP contribution in [0, 0.1) is 0 Å². The summed E-state index contributed by atoms with van der Waals surface area (Å²) in [5, 5.41) is 1.97. The summed E-state index contributed by atoms with van der Waals surface area (Å²) in [6.07, 6.45) is 5.10. The Morgan fingerprint density at radius 1 is 0.964 bits per heavy atom. The van der Waals surface area contributed by atoms with Crippen molar-refractivity contribution in [2.75, 3.05) is 13.1 Å². The Kier molecular flexibility index (Phi) is 5.62. The van der Waals surface area contributed by atoms with Crippen LogP contribution in [0.3, 0.4) is 0 Å².